The van der Waals surface area contributed by atoms with Crippen LogP contribution < -0.4 is 30.2 Å². The molecule has 10 nitrogen and oxygen atoms in total. The van der Waals surface area contributed by atoms with Crippen LogP contribution in [0, 0.1) is 29.1 Å². The Kier molecular flexibility index (Phi) is 12.1. The molecule has 3 aliphatic carbocycles. The number of rotatable bonds is 16. The highest BCUT2D eigenvalue weighted by molar-refractivity contribution is 6.48. The van der Waals surface area contributed by atoms with Gasteiger partial charge in [-0.15, -0.1) is 0 Å². The van der Waals surface area contributed by atoms with Gasteiger partial charge in [0.25, 0.3) is 0 Å². The zero-order valence-electron chi connectivity index (χ0n) is 34.2. The number of methoxy groups -OCH3 is 3. The van der Waals surface area contributed by atoms with Crippen molar-refractivity contribution in [1.29, 1.82) is 0 Å². The lowest BCUT2D eigenvalue weighted by molar-refractivity contribution is -0.199. The van der Waals surface area contributed by atoms with Crippen LogP contribution in [0.5, 0.6) is 17.2 Å². The summed E-state index contributed by atoms with van der Waals surface area (Å²) in [4.78, 5) is 28.8. The number of hydrogen-bond acceptors (Lipinski definition) is 8. The van der Waals surface area contributed by atoms with Crippen molar-refractivity contribution in [1.82, 2.24) is 10.6 Å². The number of benzene rings is 3. The highest BCUT2D eigenvalue weighted by Gasteiger charge is 2.68. The highest BCUT2D eigenvalue weighted by Crippen LogP contribution is 2.65. The van der Waals surface area contributed by atoms with Gasteiger partial charge in [0.1, 0.15) is 12.1 Å². The van der Waals surface area contributed by atoms with Crippen molar-refractivity contribution >= 4 is 24.6 Å². The maximum Gasteiger partial charge on any atom is 0.481 e. The van der Waals surface area contributed by atoms with E-state index in [1.54, 1.807) is 21.3 Å². The van der Waals surface area contributed by atoms with Gasteiger partial charge in [-0.3, -0.25) is 9.59 Å². The molecule has 296 valence electrons. The predicted octanol–water partition coefficient (Wildman–Crippen LogP) is 7.34. The van der Waals surface area contributed by atoms with Crippen LogP contribution in [-0.2, 0) is 25.3 Å². The van der Waals surface area contributed by atoms with Crippen LogP contribution in [0.3, 0.4) is 0 Å². The highest BCUT2D eigenvalue weighted by atomic mass is 16.7. The summed E-state index contributed by atoms with van der Waals surface area (Å²) in [6, 6.07) is 20.2. The van der Waals surface area contributed by atoms with Crippen molar-refractivity contribution in [2.75, 3.05) is 26.6 Å². The number of anilines is 1. The maximum atomic E-state index is 14.5. The standard InChI is InChI=1S/C44H60BN3O7/c1-26(2)19-38(45-54-37-25-31-24-36(43(31,5)6)44(37,7)55-45)47-42(50)39(27(3)4)48-41(49)33(20-28-21-34(51-8)40(53-10)35(22-28)52-9)46-32-18-14-17-30(23-32)29-15-12-11-13-16-29/h11-18,21-23,26-27,31,33,36-39,46H,19-20,24-25H2,1-10H3,(H,47,50)(H,48,49)/t31-,33+,36-,37+,38+,39-,44-/m0/s1. The van der Waals surface area contributed by atoms with Crippen molar-refractivity contribution in [3.8, 4) is 28.4 Å². The molecule has 3 aromatic rings. The van der Waals surface area contributed by atoms with Gasteiger partial charge in [0.15, 0.2) is 11.5 Å². The molecular formula is C44H60BN3O7. The molecule has 55 heavy (non-hydrogen) atoms. The lowest BCUT2D eigenvalue weighted by Crippen LogP contribution is -2.65. The average molecular weight is 754 g/mol. The summed E-state index contributed by atoms with van der Waals surface area (Å²) in [6.07, 6.45) is 3.07. The molecule has 1 heterocycles. The number of ether oxygens (including phenoxy) is 3. The lowest BCUT2D eigenvalue weighted by Gasteiger charge is -2.64. The van der Waals surface area contributed by atoms with Gasteiger partial charge >= 0.3 is 7.12 Å². The Hall–Kier alpha value is -4.22. The average Bonchev–Trinajstić information content (AvgIpc) is 3.53. The fraction of sp³-hybridized carbons (Fsp3) is 0.545. The summed E-state index contributed by atoms with van der Waals surface area (Å²) in [5.74, 6) is 1.61. The van der Waals surface area contributed by atoms with Gasteiger partial charge in [-0.25, -0.2) is 0 Å². The first-order valence-corrected chi connectivity index (χ1v) is 19.8. The van der Waals surface area contributed by atoms with E-state index in [4.69, 9.17) is 23.5 Å². The Morgan fingerprint density at radius 1 is 0.836 bits per heavy atom. The van der Waals surface area contributed by atoms with E-state index in [1.165, 1.54) is 0 Å². The van der Waals surface area contributed by atoms with Crippen molar-refractivity contribution < 1.29 is 33.1 Å². The van der Waals surface area contributed by atoms with E-state index in [0.29, 0.717) is 35.5 Å². The number of carbonyl (C=O) groups is 2. The third-order valence-electron chi connectivity index (χ3n) is 12.4. The normalized spacial score (nSPS) is 23.9. The fourth-order valence-electron chi connectivity index (χ4n) is 9.20. The number of nitrogens with one attached hydrogen (secondary N) is 3. The van der Waals surface area contributed by atoms with Crippen molar-refractivity contribution in [2.45, 2.75) is 104 Å². The SMILES string of the molecule is COc1cc(C[C@@H](Nc2cccc(-c3ccccc3)c2)C(=O)N[C@H](C(=O)N[C@H](CC(C)C)B2O[C@@H]3C[C@@H]4C[C@@H](C4(C)C)[C@]3(C)O2)C(C)C)cc(OC)c1OC. The van der Waals surface area contributed by atoms with E-state index >= 15 is 0 Å². The Labute approximate surface area is 327 Å². The Morgan fingerprint density at radius 2 is 1.51 bits per heavy atom. The largest absolute Gasteiger partial charge is 0.493 e. The predicted molar refractivity (Wildman–Crippen MR) is 217 cm³/mol. The molecule has 2 amide bonds. The van der Waals surface area contributed by atoms with Crippen LogP contribution in [0.4, 0.5) is 5.69 Å². The van der Waals surface area contributed by atoms with Gasteiger partial charge < -0.3 is 39.5 Å². The van der Waals surface area contributed by atoms with E-state index in [0.717, 1.165) is 35.2 Å². The summed E-state index contributed by atoms with van der Waals surface area (Å²) in [5.41, 5.74) is 3.45. The minimum atomic E-state index is -0.812. The van der Waals surface area contributed by atoms with Crippen molar-refractivity contribution in [2.24, 2.45) is 29.1 Å². The maximum absolute atomic E-state index is 14.5. The summed E-state index contributed by atoms with van der Waals surface area (Å²) in [5, 5.41) is 9.91. The molecule has 1 aliphatic heterocycles. The van der Waals surface area contributed by atoms with Gasteiger partial charge in [0.05, 0.1) is 39.0 Å². The van der Waals surface area contributed by atoms with Crippen molar-refractivity contribution in [3.63, 3.8) is 0 Å². The molecule has 3 saturated carbocycles. The zero-order valence-corrected chi connectivity index (χ0v) is 34.2. The summed E-state index contributed by atoms with van der Waals surface area (Å²) >= 11 is 0. The second-order valence-electron chi connectivity index (χ2n) is 17.2. The Balaban J connectivity index is 1.24. The Morgan fingerprint density at radius 3 is 2.11 bits per heavy atom. The molecule has 7 atom stereocenters. The summed E-state index contributed by atoms with van der Waals surface area (Å²) in [6.45, 7) is 15.0. The molecule has 4 fully saturated rings. The molecular weight excluding hydrogens is 693 g/mol. The van der Waals surface area contributed by atoms with E-state index in [-0.39, 0.29) is 47.5 Å². The van der Waals surface area contributed by atoms with E-state index < -0.39 is 24.8 Å². The molecule has 0 aromatic heterocycles. The molecule has 0 spiro atoms. The van der Waals surface area contributed by atoms with E-state index in [9.17, 15) is 9.59 Å². The van der Waals surface area contributed by atoms with E-state index in [2.05, 4.69) is 62.7 Å². The molecule has 4 aliphatic rings. The van der Waals surface area contributed by atoms with Gasteiger partial charge in [0, 0.05) is 12.1 Å². The molecule has 11 heteroatoms. The first kappa shape index (κ1) is 40.4. The van der Waals surface area contributed by atoms with Crippen molar-refractivity contribution in [3.05, 3.63) is 72.3 Å². The van der Waals surface area contributed by atoms with E-state index in [1.807, 2.05) is 68.4 Å². The number of hydrogen-bond donors (Lipinski definition) is 3. The monoisotopic (exact) mass is 753 g/mol. The lowest BCUT2D eigenvalue weighted by atomic mass is 9.43. The molecule has 3 N–H and O–H groups in total. The van der Waals surface area contributed by atoms with Gasteiger partial charge in [-0.1, -0.05) is 84.0 Å². The topological polar surface area (TPSA) is 116 Å². The van der Waals surface area contributed by atoms with Crippen LogP contribution in [0.25, 0.3) is 11.1 Å². The smallest absolute Gasteiger partial charge is 0.481 e. The molecule has 0 unspecified atom stereocenters. The zero-order chi connectivity index (χ0) is 39.7. The first-order valence-electron chi connectivity index (χ1n) is 19.8. The summed E-state index contributed by atoms with van der Waals surface area (Å²) in [7, 11) is 4.13. The van der Waals surface area contributed by atoms with Crippen LogP contribution in [0.2, 0.25) is 0 Å². The second kappa shape index (κ2) is 16.5. The van der Waals surface area contributed by atoms with Gasteiger partial charge in [-0.2, -0.15) is 0 Å². The van der Waals surface area contributed by atoms with Gasteiger partial charge in [-0.05, 0) is 96.2 Å². The fourth-order valence-corrected chi connectivity index (χ4v) is 9.20. The minimum Gasteiger partial charge on any atom is -0.493 e. The second-order valence-corrected chi connectivity index (χ2v) is 17.2. The van der Waals surface area contributed by atoms with Crippen LogP contribution in [0.1, 0.15) is 73.3 Å². The van der Waals surface area contributed by atoms with Crippen LogP contribution >= 0.6 is 0 Å². The first-order chi connectivity index (χ1) is 26.2. The molecule has 0 radical (unpaired) electrons. The minimum absolute atomic E-state index is 0.00358. The van der Waals surface area contributed by atoms with Crippen LogP contribution in [-0.4, -0.2) is 70.0 Å². The third kappa shape index (κ3) is 8.34. The number of carbonyl (C=O) groups excluding carboxylic acids is 2. The molecule has 2 bridgehead atoms. The molecule has 1 saturated heterocycles. The molecule has 7 rings (SSSR count). The van der Waals surface area contributed by atoms with Gasteiger partial charge in [0.2, 0.25) is 17.6 Å². The Bertz CT molecular complexity index is 1790. The summed E-state index contributed by atoms with van der Waals surface area (Å²) < 4.78 is 30.3. The molecule has 3 aromatic carbocycles. The van der Waals surface area contributed by atoms with Crippen LogP contribution in [0.15, 0.2) is 66.7 Å². The quantitative estimate of drug-likeness (QED) is 0.130. The number of amides is 2. The third-order valence-corrected chi connectivity index (χ3v) is 12.4.